The summed E-state index contributed by atoms with van der Waals surface area (Å²) >= 11 is 0. The van der Waals surface area contributed by atoms with Crippen LogP contribution in [0.3, 0.4) is 0 Å². The Labute approximate surface area is 220 Å². The molecule has 0 spiro atoms. The third-order valence-corrected chi connectivity index (χ3v) is 8.91. The summed E-state index contributed by atoms with van der Waals surface area (Å²) in [5.74, 6) is 0. The number of benzene rings is 2. The van der Waals surface area contributed by atoms with Crippen molar-refractivity contribution in [3.63, 3.8) is 0 Å². The van der Waals surface area contributed by atoms with Crippen LogP contribution in [-0.2, 0) is 25.7 Å². The van der Waals surface area contributed by atoms with E-state index < -0.39 is 7.81 Å². The number of rotatable bonds is 1. The Morgan fingerprint density at radius 2 is 1.05 bits per heavy atom. The molecule has 9 heteroatoms. The van der Waals surface area contributed by atoms with Crippen molar-refractivity contribution < 1.29 is 25.2 Å². The van der Waals surface area contributed by atoms with Gasteiger partial charge in [-0.05, 0) is 116 Å². The third-order valence-electron chi connectivity index (χ3n) is 8.91. The Morgan fingerprint density at radius 3 is 1.50 bits per heavy atom. The van der Waals surface area contributed by atoms with Crippen LogP contribution in [0.1, 0.15) is 75.8 Å². The topological polar surface area (TPSA) is 6.25 Å². The molecule has 0 N–H and O–H groups in total. The molecule has 0 saturated carbocycles. The van der Waals surface area contributed by atoms with Gasteiger partial charge in [0, 0.05) is 42.7 Å². The summed E-state index contributed by atoms with van der Waals surface area (Å²) in [4.78, 5) is 2.69. The Balaban J connectivity index is 0.000000374. The first-order valence-electron chi connectivity index (χ1n) is 13.7. The van der Waals surface area contributed by atoms with Gasteiger partial charge in [0.1, 0.15) is 13.1 Å². The van der Waals surface area contributed by atoms with Crippen LogP contribution in [0.15, 0.2) is 0 Å². The first-order chi connectivity index (χ1) is 17.5. The molecular weight excluding hydrogens is 521 g/mol. The van der Waals surface area contributed by atoms with Crippen LogP contribution in [0.5, 0.6) is 0 Å². The molecule has 210 valence electrons. The second kappa shape index (κ2) is 8.71. The Kier molecular flexibility index (Phi) is 6.30. The molecule has 2 aromatic rings. The minimum atomic E-state index is -10.7. The number of nitrogens with zero attached hydrogens (tertiary/aromatic N) is 2. The molecule has 0 saturated heterocycles. The van der Waals surface area contributed by atoms with Gasteiger partial charge < -0.3 is 4.90 Å². The normalized spacial score (nSPS) is 19.9. The zero-order valence-electron chi connectivity index (χ0n) is 22.7. The van der Waals surface area contributed by atoms with Crippen LogP contribution < -0.4 is 20.1 Å². The van der Waals surface area contributed by atoms with E-state index in [-0.39, 0.29) is 0 Å². The van der Waals surface area contributed by atoms with Gasteiger partial charge in [0.15, 0.2) is 0 Å². The van der Waals surface area contributed by atoms with Crippen molar-refractivity contribution in [1.29, 1.82) is 0 Å². The van der Waals surface area contributed by atoms with Crippen molar-refractivity contribution in [2.45, 2.75) is 79.1 Å². The molecule has 38 heavy (non-hydrogen) atoms. The van der Waals surface area contributed by atoms with Crippen LogP contribution in [-0.4, -0.2) is 26.2 Å². The van der Waals surface area contributed by atoms with Crippen molar-refractivity contribution in [3.05, 3.63) is 60.6 Å². The molecule has 0 aromatic heterocycles. The first kappa shape index (κ1) is 27.5. The summed E-state index contributed by atoms with van der Waals surface area (Å²) in [7, 11) is -10.7. The van der Waals surface area contributed by atoms with Crippen LogP contribution in [0, 0.1) is 27.7 Å². The molecule has 2 nitrogen and oxygen atoms in total. The predicted molar refractivity (Wildman–Crippen MR) is 145 cm³/mol. The molecule has 2 aromatic carbocycles. The molecule has 0 bridgehead atoms. The SMILES string of the molecule is Cc1c(C=c2c(C)c3c4c(c2C)CCC[N+]=4CCC3)c(C)c2c3c1CCCN3CCC2.F[P-](F)(F)(F)(F)F. The van der Waals surface area contributed by atoms with E-state index in [4.69, 9.17) is 0 Å². The first-order valence-corrected chi connectivity index (χ1v) is 15.7. The van der Waals surface area contributed by atoms with E-state index in [2.05, 4.69) is 43.2 Å². The third kappa shape index (κ3) is 5.48. The van der Waals surface area contributed by atoms with Gasteiger partial charge in [-0.15, -0.1) is 0 Å². The van der Waals surface area contributed by atoms with Gasteiger partial charge in [-0.25, -0.2) is 4.58 Å². The van der Waals surface area contributed by atoms with E-state index in [1.54, 1.807) is 55.6 Å². The molecule has 0 radical (unpaired) electrons. The Morgan fingerprint density at radius 1 is 0.632 bits per heavy atom. The van der Waals surface area contributed by atoms with E-state index in [9.17, 15) is 25.2 Å². The van der Waals surface area contributed by atoms with Gasteiger partial charge in [0.05, 0.1) is 0 Å². The van der Waals surface area contributed by atoms with Crippen molar-refractivity contribution in [2.24, 2.45) is 0 Å². The summed E-state index contributed by atoms with van der Waals surface area (Å²) < 4.78 is 61.9. The summed E-state index contributed by atoms with van der Waals surface area (Å²) in [5.41, 5.74) is 16.0. The van der Waals surface area contributed by atoms with Crippen LogP contribution in [0.4, 0.5) is 30.9 Å². The number of hydrogen-bond donors (Lipinski definition) is 0. The zero-order valence-corrected chi connectivity index (χ0v) is 23.6. The van der Waals surface area contributed by atoms with Crippen molar-refractivity contribution in [2.75, 3.05) is 31.1 Å². The fourth-order valence-corrected chi connectivity index (χ4v) is 7.31. The van der Waals surface area contributed by atoms with Gasteiger partial charge >= 0.3 is 33.0 Å². The Hall–Kier alpha value is -2.08. The molecule has 4 heterocycles. The molecule has 6 rings (SSSR count). The van der Waals surface area contributed by atoms with Crippen LogP contribution in [0.25, 0.3) is 6.08 Å². The predicted octanol–water partition coefficient (Wildman–Crippen LogP) is 7.21. The maximum atomic E-state index is 9.87. The molecule has 0 aliphatic carbocycles. The summed E-state index contributed by atoms with van der Waals surface area (Å²) in [6.45, 7) is 14.6. The van der Waals surface area contributed by atoms with Crippen molar-refractivity contribution in [1.82, 2.24) is 4.58 Å². The second-order valence-electron chi connectivity index (χ2n) is 11.4. The second-order valence-corrected chi connectivity index (χ2v) is 13.3. The zero-order chi connectivity index (χ0) is 27.7. The van der Waals surface area contributed by atoms with E-state index in [0.29, 0.717) is 0 Å². The van der Waals surface area contributed by atoms with Gasteiger partial charge in [0.2, 0.25) is 5.36 Å². The van der Waals surface area contributed by atoms with Gasteiger partial charge in [0.25, 0.3) is 0 Å². The van der Waals surface area contributed by atoms with Gasteiger partial charge in [-0.1, -0.05) is 0 Å². The monoisotopic (exact) mass is 558 g/mol. The molecule has 0 amide bonds. The standard InChI is InChI=1S/C29H37N2.F6P/c1-18-22-9-5-13-30-14-6-10-23(28(22)30)19(2)26(18)17-27-20(3)24-11-7-15-31-16-8-12-25(21(27)4)29(24)31;1-7(2,3,4,5)6/h17H,5-16H2,1-4H3;/q+1;-1. The molecule has 0 unspecified atom stereocenters. The fourth-order valence-electron chi connectivity index (χ4n) is 7.31. The fraction of sp³-hybridized carbons (Fsp3) is 0.552. The van der Waals surface area contributed by atoms with Gasteiger partial charge in [-0.2, -0.15) is 0 Å². The number of hydrogen-bond acceptors (Lipinski definition) is 1. The van der Waals surface area contributed by atoms with E-state index in [0.717, 1.165) is 0 Å². The average Bonchev–Trinajstić information content (AvgIpc) is 2.83. The van der Waals surface area contributed by atoms with Crippen molar-refractivity contribution in [3.8, 4) is 0 Å². The molecule has 0 fully saturated rings. The molecule has 4 aliphatic rings. The van der Waals surface area contributed by atoms with Crippen molar-refractivity contribution >= 4 is 19.6 Å². The molecule has 4 aliphatic heterocycles. The summed E-state index contributed by atoms with van der Waals surface area (Å²) in [5, 5.41) is 3.15. The van der Waals surface area contributed by atoms with E-state index in [1.807, 2.05) is 0 Å². The Bertz CT molecular complexity index is 1370. The van der Waals surface area contributed by atoms with E-state index >= 15 is 0 Å². The summed E-state index contributed by atoms with van der Waals surface area (Å²) in [6.07, 6.45) is 12.9. The average molecular weight is 559 g/mol. The van der Waals surface area contributed by atoms with Crippen LogP contribution in [0.2, 0.25) is 0 Å². The van der Waals surface area contributed by atoms with Gasteiger partial charge in [-0.3, -0.25) is 0 Å². The number of anilines is 1. The van der Waals surface area contributed by atoms with Crippen LogP contribution >= 0.6 is 7.81 Å². The minimum absolute atomic E-state index is 1.25. The molecular formula is C29H37F6N2P. The summed E-state index contributed by atoms with van der Waals surface area (Å²) in [6, 6.07) is 0. The maximum absolute atomic E-state index is 10.7. The molecule has 0 atom stereocenters. The quantitative estimate of drug-likeness (QED) is 0.204. The number of halogens is 6. The van der Waals surface area contributed by atoms with E-state index in [1.165, 1.54) is 88.3 Å².